The van der Waals surface area contributed by atoms with Gasteiger partial charge in [0.05, 0.1) is 12.2 Å². The van der Waals surface area contributed by atoms with Crippen LogP contribution in [0.2, 0.25) is 0 Å². The van der Waals surface area contributed by atoms with Gasteiger partial charge in [0, 0.05) is 6.42 Å². The smallest absolute Gasteiger partial charge is 0.303 e. The molecule has 0 heterocycles. The molecule has 0 aliphatic rings. The summed E-state index contributed by atoms with van der Waals surface area (Å²) in [6, 6.07) is 0. The summed E-state index contributed by atoms with van der Waals surface area (Å²) in [5.74, 6) is -0.777. The van der Waals surface area contributed by atoms with Crippen LogP contribution in [-0.2, 0) is 4.79 Å². The Bertz CT molecular complexity index is 486. The summed E-state index contributed by atoms with van der Waals surface area (Å²) in [5, 5.41) is 28.0. The zero-order valence-electron chi connectivity index (χ0n) is 15.8. The van der Waals surface area contributed by atoms with E-state index in [0.29, 0.717) is 12.8 Å². The molecule has 146 valence electrons. The van der Waals surface area contributed by atoms with Crippen molar-refractivity contribution in [2.24, 2.45) is 0 Å². The van der Waals surface area contributed by atoms with Gasteiger partial charge >= 0.3 is 5.97 Å². The molecule has 0 saturated heterocycles. The minimum absolute atomic E-state index is 0.167. The van der Waals surface area contributed by atoms with E-state index in [4.69, 9.17) is 5.11 Å². The lowest BCUT2D eigenvalue weighted by Gasteiger charge is -2.05. The molecule has 0 amide bonds. The van der Waals surface area contributed by atoms with Crippen molar-refractivity contribution in [2.45, 2.75) is 70.5 Å². The third-order valence-electron chi connectivity index (χ3n) is 3.61. The molecule has 0 rings (SSSR count). The number of allylic oxidation sites excluding steroid dienone is 7. The van der Waals surface area contributed by atoms with Gasteiger partial charge in [0.25, 0.3) is 0 Å². The molecule has 4 nitrogen and oxygen atoms in total. The highest BCUT2D eigenvalue weighted by Crippen LogP contribution is 2.05. The molecular formula is C22H34O4. The third kappa shape index (κ3) is 18.4. The number of hydrogen-bond acceptors (Lipinski definition) is 3. The molecule has 0 radical (unpaired) electrons. The Morgan fingerprint density at radius 2 is 1.65 bits per heavy atom. The molecule has 0 aliphatic carbocycles. The average molecular weight is 363 g/mol. The quantitative estimate of drug-likeness (QED) is 0.224. The summed E-state index contributed by atoms with van der Waals surface area (Å²) in [7, 11) is 0. The zero-order valence-corrected chi connectivity index (χ0v) is 15.8. The van der Waals surface area contributed by atoms with Gasteiger partial charge < -0.3 is 15.3 Å². The molecule has 0 aromatic rings. The summed E-state index contributed by atoms with van der Waals surface area (Å²) < 4.78 is 0. The van der Waals surface area contributed by atoms with Crippen LogP contribution in [0.3, 0.4) is 0 Å². The number of aliphatic carboxylic acids is 1. The van der Waals surface area contributed by atoms with Crippen LogP contribution in [0.5, 0.6) is 0 Å². The van der Waals surface area contributed by atoms with Crippen LogP contribution < -0.4 is 0 Å². The molecule has 0 saturated carbocycles. The van der Waals surface area contributed by atoms with E-state index in [1.807, 2.05) is 42.5 Å². The van der Waals surface area contributed by atoms with Crippen molar-refractivity contribution in [1.29, 1.82) is 0 Å². The summed E-state index contributed by atoms with van der Waals surface area (Å²) >= 11 is 0. The van der Waals surface area contributed by atoms with Crippen molar-refractivity contribution in [3.63, 3.8) is 0 Å². The maximum Gasteiger partial charge on any atom is 0.303 e. The van der Waals surface area contributed by atoms with E-state index in [9.17, 15) is 15.0 Å². The molecule has 3 N–H and O–H groups in total. The Hall–Kier alpha value is -1.91. The number of hydrogen-bond donors (Lipinski definition) is 3. The second-order valence-electron chi connectivity index (χ2n) is 6.13. The first-order chi connectivity index (χ1) is 12.6. The van der Waals surface area contributed by atoms with Gasteiger partial charge in [-0.15, -0.1) is 0 Å². The summed E-state index contributed by atoms with van der Waals surface area (Å²) in [6.45, 7) is 2.14. The topological polar surface area (TPSA) is 77.8 Å². The third-order valence-corrected chi connectivity index (χ3v) is 3.61. The van der Waals surface area contributed by atoms with Gasteiger partial charge in [-0.3, -0.25) is 4.79 Å². The number of carboxylic acid groups (broad SMARTS) is 1. The van der Waals surface area contributed by atoms with E-state index in [0.717, 1.165) is 32.1 Å². The minimum atomic E-state index is -0.777. The number of unbranched alkanes of at least 4 members (excludes halogenated alkanes) is 2. The Kier molecular flexibility index (Phi) is 16.6. The summed E-state index contributed by atoms with van der Waals surface area (Å²) in [5.41, 5.74) is 0. The van der Waals surface area contributed by atoms with Crippen molar-refractivity contribution >= 4 is 5.97 Å². The Labute approximate surface area is 157 Å². The molecule has 4 heteroatoms. The van der Waals surface area contributed by atoms with E-state index < -0.39 is 18.2 Å². The van der Waals surface area contributed by atoms with Crippen molar-refractivity contribution in [3.8, 4) is 0 Å². The van der Waals surface area contributed by atoms with Crippen LogP contribution in [0.25, 0.3) is 0 Å². The van der Waals surface area contributed by atoms with Crippen LogP contribution in [-0.4, -0.2) is 33.5 Å². The van der Waals surface area contributed by atoms with E-state index in [-0.39, 0.29) is 6.42 Å². The number of aliphatic hydroxyl groups excluding tert-OH is 2. The highest BCUT2D eigenvalue weighted by molar-refractivity contribution is 5.66. The first-order valence-electron chi connectivity index (χ1n) is 9.45. The second-order valence-corrected chi connectivity index (χ2v) is 6.13. The lowest BCUT2D eigenvalue weighted by Crippen LogP contribution is -2.03. The first-order valence-corrected chi connectivity index (χ1v) is 9.45. The summed E-state index contributed by atoms with van der Waals surface area (Å²) in [6.07, 6.45) is 23.6. The van der Waals surface area contributed by atoms with Gasteiger partial charge in [0.2, 0.25) is 0 Å². The van der Waals surface area contributed by atoms with Gasteiger partial charge in [0.15, 0.2) is 0 Å². The van der Waals surface area contributed by atoms with Crippen LogP contribution in [0, 0.1) is 0 Å². The highest BCUT2D eigenvalue weighted by Gasteiger charge is 1.99. The molecule has 26 heavy (non-hydrogen) atoms. The number of rotatable bonds is 15. The zero-order chi connectivity index (χ0) is 19.5. The van der Waals surface area contributed by atoms with Gasteiger partial charge in [-0.25, -0.2) is 0 Å². The van der Waals surface area contributed by atoms with Gasteiger partial charge in [-0.05, 0) is 25.7 Å². The molecule has 2 unspecified atom stereocenters. The fourth-order valence-corrected chi connectivity index (χ4v) is 2.13. The molecule has 0 aromatic carbocycles. The minimum Gasteiger partial charge on any atom is -0.481 e. The van der Waals surface area contributed by atoms with Crippen LogP contribution in [0.1, 0.15) is 58.3 Å². The second kappa shape index (κ2) is 17.9. The van der Waals surface area contributed by atoms with Gasteiger partial charge in [-0.2, -0.15) is 0 Å². The Morgan fingerprint density at radius 1 is 0.885 bits per heavy atom. The van der Waals surface area contributed by atoms with Crippen molar-refractivity contribution in [3.05, 3.63) is 60.8 Å². The van der Waals surface area contributed by atoms with E-state index >= 15 is 0 Å². The number of carbonyl (C=O) groups is 1. The predicted octanol–water partition coefficient (Wildman–Crippen LogP) is 4.71. The SMILES string of the molecule is CCCCCC(O)/C=C/CC(O)\C=C/C=C/C=C\C/C=C\CCC(=O)O. The average Bonchev–Trinajstić information content (AvgIpc) is 2.59. The summed E-state index contributed by atoms with van der Waals surface area (Å²) in [4.78, 5) is 10.3. The highest BCUT2D eigenvalue weighted by atomic mass is 16.4. The van der Waals surface area contributed by atoms with Crippen molar-refractivity contribution in [2.75, 3.05) is 0 Å². The first kappa shape index (κ1) is 24.1. The number of aliphatic hydroxyl groups is 2. The lowest BCUT2D eigenvalue weighted by atomic mass is 10.1. The van der Waals surface area contributed by atoms with Crippen LogP contribution >= 0.6 is 0 Å². The number of carboxylic acids is 1. The molecule has 2 atom stereocenters. The fourth-order valence-electron chi connectivity index (χ4n) is 2.13. The molecule has 0 aliphatic heterocycles. The Balaban J connectivity index is 3.82. The standard InChI is InChI=1S/C22H34O4/c1-2-3-11-15-20(23)17-14-18-21(24)16-12-9-7-5-4-6-8-10-13-19-22(25)26/h4-5,7-10,12,14,16-17,20-21,23-24H,2-3,6,11,13,15,18-19H2,1H3,(H,25,26)/b5-4-,9-7+,10-8-,16-12-,17-14+. The Morgan fingerprint density at radius 3 is 2.38 bits per heavy atom. The molecule has 0 aromatic heterocycles. The van der Waals surface area contributed by atoms with Gasteiger partial charge in [0.1, 0.15) is 0 Å². The molecule has 0 fully saturated rings. The van der Waals surface area contributed by atoms with Crippen molar-refractivity contribution in [1.82, 2.24) is 0 Å². The van der Waals surface area contributed by atoms with Crippen LogP contribution in [0.4, 0.5) is 0 Å². The monoisotopic (exact) mass is 362 g/mol. The van der Waals surface area contributed by atoms with Crippen LogP contribution in [0.15, 0.2) is 60.8 Å². The van der Waals surface area contributed by atoms with E-state index in [1.54, 1.807) is 18.2 Å². The van der Waals surface area contributed by atoms with Gasteiger partial charge in [-0.1, -0.05) is 86.9 Å². The van der Waals surface area contributed by atoms with E-state index in [2.05, 4.69) is 6.92 Å². The normalized spacial score (nSPS) is 15.2. The predicted molar refractivity (Wildman–Crippen MR) is 108 cm³/mol. The fraction of sp³-hybridized carbons (Fsp3) is 0.500. The molecule has 0 spiro atoms. The maximum atomic E-state index is 10.3. The molecular weight excluding hydrogens is 328 g/mol. The van der Waals surface area contributed by atoms with Crippen molar-refractivity contribution < 1.29 is 20.1 Å². The lowest BCUT2D eigenvalue weighted by molar-refractivity contribution is -0.136. The van der Waals surface area contributed by atoms with E-state index in [1.165, 1.54) is 0 Å². The maximum absolute atomic E-state index is 10.3. The largest absolute Gasteiger partial charge is 0.481 e. The molecule has 0 bridgehead atoms.